The zero-order valence-corrected chi connectivity index (χ0v) is 16.5. The van der Waals surface area contributed by atoms with Crippen LogP contribution in [0.4, 0.5) is 0 Å². The average molecular weight is 384 g/mol. The Hall–Kier alpha value is -3.51. The third-order valence-corrected chi connectivity index (χ3v) is 4.57. The molecule has 0 radical (unpaired) electrons. The number of hydrogen-bond acceptors (Lipinski definition) is 2. The molecule has 0 aliphatic carbocycles. The van der Waals surface area contributed by atoms with E-state index in [1.54, 1.807) is 12.1 Å². The minimum atomic E-state index is -0.918. The summed E-state index contributed by atoms with van der Waals surface area (Å²) in [5.74, 6) is 6.31. The molecule has 0 saturated carbocycles. The first-order valence-electron chi connectivity index (χ1n) is 9.84. The number of carboxylic acid groups (broad SMARTS) is 1. The van der Waals surface area contributed by atoms with E-state index in [0.29, 0.717) is 0 Å². The molecule has 1 N–H and O–H groups in total. The van der Waals surface area contributed by atoms with Gasteiger partial charge in [0, 0.05) is 11.1 Å². The van der Waals surface area contributed by atoms with Crippen LogP contribution in [0.3, 0.4) is 0 Å². The molecule has 0 spiro atoms. The van der Waals surface area contributed by atoms with Crippen LogP contribution in [0.1, 0.15) is 47.7 Å². The maximum absolute atomic E-state index is 10.9. The third kappa shape index (κ3) is 5.99. The summed E-state index contributed by atoms with van der Waals surface area (Å²) < 4.78 is 5.72. The molecule has 0 aromatic heterocycles. The predicted molar refractivity (Wildman–Crippen MR) is 116 cm³/mol. The van der Waals surface area contributed by atoms with E-state index in [4.69, 9.17) is 9.84 Å². The normalized spacial score (nSPS) is 10.1. The summed E-state index contributed by atoms with van der Waals surface area (Å²) in [4.78, 5) is 10.9. The molecule has 3 rings (SSSR count). The van der Waals surface area contributed by atoms with E-state index in [0.717, 1.165) is 41.0 Å². The van der Waals surface area contributed by atoms with Crippen LogP contribution in [-0.2, 0) is 0 Å². The number of benzene rings is 3. The highest BCUT2D eigenvalue weighted by Gasteiger charge is 2.03. The topological polar surface area (TPSA) is 46.5 Å². The van der Waals surface area contributed by atoms with Crippen molar-refractivity contribution in [2.75, 3.05) is 6.61 Å². The van der Waals surface area contributed by atoms with Crippen molar-refractivity contribution in [3.8, 4) is 28.7 Å². The fourth-order valence-corrected chi connectivity index (χ4v) is 2.87. The van der Waals surface area contributed by atoms with Gasteiger partial charge in [-0.1, -0.05) is 55.9 Å². The summed E-state index contributed by atoms with van der Waals surface area (Å²) in [6.07, 6.45) is 3.46. The smallest absolute Gasteiger partial charge is 0.335 e. The van der Waals surface area contributed by atoms with Crippen LogP contribution in [0.25, 0.3) is 11.1 Å². The van der Waals surface area contributed by atoms with Gasteiger partial charge >= 0.3 is 5.97 Å². The lowest BCUT2D eigenvalue weighted by atomic mass is 10.0. The minimum absolute atomic E-state index is 0.286. The first-order valence-corrected chi connectivity index (χ1v) is 9.84. The predicted octanol–water partition coefficient (Wildman–Crippen LogP) is 6.02. The first kappa shape index (κ1) is 20.2. The van der Waals surface area contributed by atoms with Crippen LogP contribution >= 0.6 is 0 Å². The van der Waals surface area contributed by atoms with Crippen LogP contribution < -0.4 is 4.74 Å². The van der Waals surface area contributed by atoms with Gasteiger partial charge in [-0.05, 0) is 66.1 Å². The van der Waals surface area contributed by atoms with Crippen molar-refractivity contribution in [2.45, 2.75) is 26.2 Å². The fraction of sp³-hybridized carbons (Fsp3) is 0.192. The maximum atomic E-state index is 10.9. The Morgan fingerprint density at radius 1 is 0.793 bits per heavy atom. The monoisotopic (exact) mass is 384 g/mol. The molecule has 0 bridgehead atoms. The van der Waals surface area contributed by atoms with Gasteiger partial charge in [0.15, 0.2) is 0 Å². The van der Waals surface area contributed by atoms with E-state index in [-0.39, 0.29) is 5.56 Å². The summed E-state index contributed by atoms with van der Waals surface area (Å²) in [6.45, 7) is 2.93. The van der Waals surface area contributed by atoms with Crippen LogP contribution in [0.15, 0.2) is 72.8 Å². The maximum Gasteiger partial charge on any atom is 0.335 e. The third-order valence-electron chi connectivity index (χ3n) is 4.57. The fourth-order valence-electron chi connectivity index (χ4n) is 2.87. The number of ether oxygens (including phenoxy) is 1. The lowest BCUT2D eigenvalue weighted by molar-refractivity contribution is 0.0697. The Labute approximate surface area is 172 Å². The van der Waals surface area contributed by atoms with E-state index in [9.17, 15) is 4.79 Å². The van der Waals surface area contributed by atoms with Crippen molar-refractivity contribution in [3.63, 3.8) is 0 Å². The highest BCUT2D eigenvalue weighted by atomic mass is 16.5. The standard InChI is InChI=1S/C26H24O3/c1-2-3-4-19-29-25-17-9-21(10-18-25)6-5-20-7-11-22(12-8-20)23-13-15-24(16-14-23)26(27)28/h7-18H,2-4,19H2,1H3,(H,27,28). The highest BCUT2D eigenvalue weighted by molar-refractivity contribution is 5.88. The second-order valence-electron chi connectivity index (χ2n) is 6.79. The largest absolute Gasteiger partial charge is 0.494 e. The van der Waals surface area contributed by atoms with Gasteiger partial charge in [0.2, 0.25) is 0 Å². The molecule has 0 amide bonds. The van der Waals surface area contributed by atoms with E-state index in [1.165, 1.54) is 12.8 Å². The number of aromatic carboxylic acids is 1. The number of hydrogen-bond donors (Lipinski definition) is 1. The molecule has 0 unspecified atom stereocenters. The van der Waals surface area contributed by atoms with Crippen molar-refractivity contribution in [1.29, 1.82) is 0 Å². The molecule has 29 heavy (non-hydrogen) atoms. The van der Waals surface area contributed by atoms with Gasteiger partial charge in [-0.25, -0.2) is 4.79 Å². The van der Waals surface area contributed by atoms with Gasteiger partial charge in [-0.2, -0.15) is 0 Å². The Morgan fingerprint density at radius 2 is 1.31 bits per heavy atom. The van der Waals surface area contributed by atoms with E-state index in [1.807, 2.05) is 60.7 Å². The zero-order chi connectivity index (χ0) is 20.5. The van der Waals surface area contributed by atoms with Gasteiger partial charge in [-0.15, -0.1) is 0 Å². The quantitative estimate of drug-likeness (QED) is 0.400. The summed E-state index contributed by atoms with van der Waals surface area (Å²) >= 11 is 0. The lowest BCUT2D eigenvalue weighted by Gasteiger charge is -2.05. The molecule has 3 nitrogen and oxygen atoms in total. The molecule has 0 saturated heterocycles. The Balaban J connectivity index is 1.61. The van der Waals surface area contributed by atoms with Crippen molar-refractivity contribution in [2.24, 2.45) is 0 Å². The van der Waals surface area contributed by atoms with Gasteiger partial charge in [-0.3, -0.25) is 0 Å². The van der Waals surface area contributed by atoms with Crippen LogP contribution in [0, 0.1) is 11.8 Å². The Morgan fingerprint density at radius 3 is 1.83 bits per heavy atom. The molecule has 0 aliphatic heterocycles. The molecule has 0 atom stereocenters. The Kier molecular flexibility index (Phi) is 7.08. The van der Waals surface area contributed by atoms with E-state index in [2.05, 4.69) is 18.8 Å². The van der Waals surface area contributed by atoms with Crippen molar-refractivity contribution in [1.82, 2.24) is 0 Å². The molecule has 0 aliphatic rings. The molecule has 0 heterocycles. The van der Waals surface area contributed by atoms with Gasteiger partial charge in [0.05, 0.1) is 12.2 Å². The number of carbonyl (C=O) groups is 1. The molecule has 3 aromatic rings. The van der Waals surface area contributed by atoms with Gasteiger partial charge in [0.25, 0.3) is 0 Å². The van der Waals surface area contributed by atoms with Crippen molar-refractivity contribution in [3.05, 3.63) is 89.5 Å². The summed E-state index contributed by atoms with van der Waals surface area (Å²) in [6, 6.07) is 22.6. The summed E-state index contributed by atoms with van der Waals surface area (Å²) in [5.41, 5.74) is 4.16. The molecule has 0 fully saturated rings. The van der Waals surface area contributed by atoms with Gasteiger partial charge < -0.3 is 9.84 Å². The zero-order valence-electron chi connectivity index (χ0n) is 16.5. The second-order valence-corrected chi connectivity index (χ2v) is 6.79. The van der Waals surface area contributed by atoms with Crippen molar-refractivity contribution >= 4 is 5.97 Å². The molecule has 3 heteroatoms. The molecular formula is C26H24O3. The SMILES string of the molecule is CCCCCOc1ccc(C#Cc2ccc(-c3ccc(C(=O)O)cc3)cc2)cc1. The average Bonchev–Trinajstić information content (AvgIpc) is 2.76. The lowest BCUT2D eigenvalue weighted by Crippen LogP contribution is -1.96. The Bertz CT molecular complexity index is 989. The number of unbranched alkanes of at least 4 members (excludes halogenated alkanes) is 2. The molecule has 3 aromatic carbocycles. The van der Waals surface area contributed by atoms with Crippen LogP contribution in [-0.4, -0.2) is 17.7 Å². The highest BCUT2D eigenvalue weighted by Crippen LogP contribution is 2.20. The second kappa shape index (κ2) is 10.1. The van der Waals surface area contributed by atoms with Crippen LogP contribution in [0.5, 0.6) is 5.75 Å². The number of rotatable bonds is 7. The van der Waals surface area contributed by atoms with Crippen LogP contribution in [0.2, 0.25) is 0 Å². The number of carboxylic acids is 1. The van der Waals surface area contributed by atoms with E-state index >= 15 is 0 Å². The van der Waals surface area contributed by atoms with E-state index < -0.39 is 5.97 Å². The minimum Gasteiger partial charge on any atom is -0.494 e. The van der Waals surface area contributed by atoms with Gasteiger partial charge in [0.1, 0.15) is 5.75 Å². The summed E-state index contributed by atoms with van der Waals surface area (Å²) in [7, 11) is 0. The first-order chi connectivity index (χ1) is 14.2. The summed E-state index contributed by atoms with van der Waals surface area (Å²) in [5, 5.41) is 8.99. The molecular weight excluding hydrogens is 360 g/mol. The molecule has 146 valence electrons. The van der Waals surface area contributed by atoms with Crippen molar-refractivity contribution < 1.29 is 14.6 Å².